The Bertz CT molecular complexity index is 591. The molecular weight excluding hydrogens is 340 g/mol. The van der Waals surface area contributed by atoms with Gasteiger partial charge in [0.05, 0.1) is 12.2 Å². The zero-order valence-corrected chi connectivity index (χ0v) is 17.2. The second kappa shape index (κ2) is 6.73. The minimum Gasteiger partial charge on any atom is -0.481 e. The molecule has 0 saturated heterocycles. The van der Waals surface area contributed by atoms with Crippen molar-refractivity contribution < 1.29 is 20.1 Å². The topological polar surface area (TPSA) is 77.8 Å². The molecule has 4 fully saturated rings. The highest BCUT2D eigenvalue weighted by atomic mass is 16.4. The van der Waals surface area contributed by atoms with Crippen LogP contribution < -0.4 is 0 Å². The van der Waals surface area contributed by atoms with E-state index in [2.05, 4.69) is 20.8 Å². The van der Waals surface area contributed by atoms with Gasteiger partial charge in [-0.1, -0.05) is 20.8 Å². The summed E-state index contributed by atoms with van der Waals surface area (Å²) >= 11 is 0. The second-order valence-electron chi connectivity index (χ2n) is 11.0. The predicted molar refractivity (Wildman–Crippen MR) is 104 cm³/mol. The van der Waals surface area contributed by atoms with Gasteiger partial charge in [-0.2, -0.15) is 0 Å². The SMILES string of the molecule is C[C@H](CC(=O)O)[C@H]1CC[C@H]2[C@@H]3C[C@@H](O)[C@@H]4C[C@H](O)CC[C@]4(C)[C@H]3CC[C@]12C. The third kappa shape index (κ3) is 2.97. The molecule has 0 heterocycles. The molecule has 0 radical (unpaired) electrons. The fourth-order valence-electron chi connectivity index (χ4n) is 8.67. The highest BCUT2D eigenvalue weighted by Crippen LogP contribution is 2.68. The zero-order valence-electron chi connectivity index (χ0n) is 17.2. The first-order valence-electron chi connectivity index (χ1n) is 11.2. The van der Waals surface area contributed by atoms with Crippen LogP contribution in [-0.4, -0.2) is 33.5 Å². The summed E-state index contributed by atoms with van der Waals surface area (Å²) in [6.45, 7) is 6.95. The van der Waals surface area contributed by atoms with Crippen LogP contribution in [0.25, 0.3) is 0 Å². The molecule has 0 aromatic carbocycles. The van der Waals surface area contributed by atoms with E-state index in [0.29, 0.717) is 23.7 Å². The van der Waals surface area contributed by atoms with Gasteiger partial charge in [0, 0.05) is 6.42 Å². The van der Waals surface area contributed by atoms with Gasteiger partial charge in [0.2, 0.25) is 0 Å². The summed E-state index contributed by atoms with van der Waals surface area (Å²) < 4.78 is 0. The summed E-state index contributed by atoms with van der Waals surface area (Å²) in [5, 5.41) is 30.5. The van der Waals surface area contributed by atoms with Crippen LogP contribution in [-0.2, 0) is 4.79 Å². The molecule has 4 rings (SSSR count). The monoisotopic (exact) mass is 378 g/mol. The predicted octanol–water partition coefficient (Wildman–Crippen LogP) is 4.09. The van der Waals surface area contributed by atoms with Gasteiger partial charge < -0.3 is 15.3 Å². The van der Waals surface area contributed by atoms with E-state index in [1.54, 1.807) is 0 Å². The number of aliphatic hydroxyl groups excluding tert-OH is 2. The molecule has 27 heavy (non-hydrogen) atoms. The molecule has 4 nitrogen and oxygen atoms in total. The summed E-state index contributed by atoms with van der Waals surface area (Å²) in [6.07, 6.45) is 8.08. The van der Waals surface area contributed by atoms with Gasteiger partial charge in [-0.25, -0.2) is 0 Å². The molecular formula is C23H38O4. The molecule has 0 aromatic heterocycles. The van der Waals surface area contributed by atoms with Crippen molar-refractivity contribution >= 4 is 5.97 Å². The number of hydrogen-bond donors (Lipinski definition) is 3. The average molecular weight is 379 g/mol. The van der Waals surface area contributed by atoms with E-state index in [0.717, 1.165) is 32.1 Å². The number of rotatable bonds is 3. The van der Waals surface area contributed by atoms with E-state index >= 15 is 0 Å². The van der Waals surface area contributed by atoms with Crippen LogP contribution in [0.3, 0.4) is 0 Å². The first-order valence-corrected chi connectivity index (χ1v) is 11.2. The van der Waals surface area contributed by atoms with E-state index in [4.69, 9.17) is 0 Å². The number of carboxylic acid groups (broad SMARTS) is 1. The van der Waals surface area contributed by atoms with Gasteiger partial charge in [-0.3, -0.25) is 4.79 Å². The maximum atomic E-state index is 11.3. The van der Waals surface area contributed by atoms with Gasteiger partial charge in [0.15, 0.2) is 0 Å². The third-order valence-corrected chi connectivity index (χ3v) is 9.91. The number of fused-ring (bicyclic) bond motifs is 5. The van der Waals surface area contributed by atoms with E-state index in [-0.39, 0.29) is 41.3 Å². The zero-order chi connectivity index (χ0) is 19.6. The first kappa shape index (κ1) is 19.7. The molecule has 0 unspecified atom stereocenters. The Morgan fingerprint density at radius 1 is 0.963 bits per heavy atom. The second-order valence-corrected chi connectivity index (χ2v) is 11.0. The van der Waals surface area contributed by atoms with E-state index in [9.17, 15) is 20.1 Å². The Hall–Kier alpha value is -0.610. The number of carboxylic acids is 1. The maximum absolute atomic E-state index is 11.3. The third-order valence-electron chi connectivity index (χ3n) is 9.91. The standard InChI is InChI=1S/C23H38O4/c1-13(10-21(26)27)16-4-5-17-15-12-20(25)19-11-14(24)6-8-23(19,3)18(15)7-9-22(16,17)2/h13-20,24-25H,4-12H2,1-3H3,(H,26,27)/t13-,14-,15+,16-,17+,18+,19+,20-,22-,23-/m1/s1. The maximum Gasteiger partial charge on any atom is 0.303 e. The Morgan fingerprint density at radius 2 is 1.63 bits per heavy atom. The Labute approximate surface area is 163 Å². The largest absolute Gasteiger partial charge is 0.481 e. The summed E-state index contributed by atoms with van der Waals surface area (Å²) in [6, 6.07) is 0. The van der Waals surface area contributed by atoms with Gasteiger partial charge in [-0.15, -0.1) is 0 Å². The number of hydrogen-bond acceptors (Lipinski definition) is 3. The van der Waals surface area contributed by atoms with Crippen LogP contribution in [0.2, 0.25) is 0 Å². The van der Waals surface area contributed by atoms with Crippen molar-refractivity contribution in [2.45, 2.75) is 90.8 Å². The van der Waals surface area contributed by atoms with Gasteiger partial charge in [0.1, 0.15) is 0 Å². The molecule has 4 aliphatic rings. The van der Waals surface area contributed by atoms with Gasteiger partial charge in [-0.05, 0) is 97.7 Å². The fraction of sp³-hybridized carbons (Fsp3) is 0.957. The number of aliphatic carboxylic acids is 1. The molecule has 0 aromatic rings. The van der Waals surface area contributed by atoms with Crippen molar-refractivity contribution in [2.24, 2.45) is 46.3 Å². The van der Waals surface area contributed by atoms with E-state index in [1.807, 2.05) is 0 Å². The molecule has 0 spiro atoms. The van der Waals surface area contributed by atoms with Crippen LogP contribution in [0.4, 0.5) is 0 Å². The minimum absolute atomic E-state index is 0.160. The highest BCUT2D eigenvalue weighted by molar-refractivity contribution is 5.67. The van der Waals surface area contributed by atoms with Crippen LogP contribution in [0, 0.1) is 46.3 Å². The summed E-state index contributed by atoms with van der Waals surface area (Å²) in [5.74, 6) is 2.15. The molecule has 4 aliphatic carbocycles. The van der Waals surface area contributed by atoms with Crippen molar-refractivity contribution in [1.29, 1.82) is 0 Å². The van der Waals surface area contributed by atoms with E-state index in [1.165, 1.54) is 19.3 Å². The normalized spacial score (nSPS) is 53.1. The summed E-state index contributed by atoms with van der Waals surface area (Å²) in [5.41, 5.74) is 0.390. The van der Waals surface area contributed by atoms with Crippen LogP contribution in [0.5, 0.6) is 0 Å². The molecule has 4 heteroatoms. The lowest BCUT2D eigenvalue weighted by molar-refractivity contribution is -0.172. The first-order chi connectivity index (χ1) is 12.7. The average Bonchev–Trinajstić information content (AvgIpc) is 2.93. The minimum atomic E-state index is -0.674. The lowest BCUT2D eigenvalue weighted by Gasteiger charge is -2.62. The molecule has 10 atom stereocenters. The van der Waals surface area contributed by atoms with Gasteiger partial charge in [0.25, 0.3) is 0 Å². The van der Waals surface area contributed by atoms with Crippen molar-refractivity contribution in [3.8, 4) is 0 Å². The number of carbonyl (C=O) groups is 1. The van der Waals surface area contributed by atoms with Crippen LogP contribution in [0.15, 0.2) is 0 Å². The Morgan fingerprint density at radius 3 is 2.33 bits per heavy atom. The van der Waals surface area contributed by atoms with Crippen LogP contribution >= 0.6 is 0 Å². The van der Waals surface area contributed by atoms with Crippen molar-refractivity contribution in [1.82, 2.24) is 0 Å². The smallest absolute Gasteiger partial charge is 0.303 e. The summed E-state index contributed by atoms with van der Waals surface area (Å²) in [4.78, 5) is 11.3. The lowest BCUT2D eigenvalue weighted by atomic mass is 9.44. The number of aliphatic hydroxyl groups is 2. The molecule has 0 bridgehead atoms. The van der Waals surface area contributed by atoms with Crippen molar-refractivity contribution in [3.05, 3.63) is 0 Å². The molecule has 0 aliphatic heterocycles. The lowest BCUT2D eigenvalue weighted by Crippen LogP contribution is -2.58. The van der Waals surface area contributed by atoms with Crippen molar-refractivity contribution in [3.63, 3.8) is 0 Å². The molecule has 154 valence electrons. The Balaban J connectivity index is 1.59. The molecule has 4 saturated carbocycles. The van der Waals surface area contributed by atoms with Crippen molar-refractivity contribution in [2.75, 3.05) is 0 Å². The quantitative estimate of drug-likeness (QED) is 0.691. The molecule has 0 amide bonds. The molecule has 3 N–H and O–H groups in total. The van der Waals surface area contributed by atoms with Crippen LogP contribution in [0.1, 0.15) is 78.6 Å². The summed E-state index contributed by atoms with van der Waals surface area (Å²) in [7, 11) is 0. The Kier molecular flexibility index (Phi) is 4.91. The van der Waals surface area contributed by atoms with E-state index < -0.39 is 5.97 Å². The highest BCUT2D eigenvalue weighted by Gasteiger charge is 2.62. The fourth-order valence-corrected chi connectivity index (χ4v) is 8.67. The van der Waals surface area contributed by atoms with Gasteiger partial charge >= 0.3 is 5.97 Å².